The van der Waals surface area contributed by atoms with Crippen molar-refractivity contribution in [3.05, 3.63) is 41.2 Å². The molecule has 0 spiro atoms. The summed E-state index contributed by atoms with van der Waals surface area (Å²) in [7, 11) is 1.35. The number of hydrogen-bond acceptors (Lipinski definition) is 2. The summed E-state index contributed by atoms with van der Waals surface area (Å²) in [5, 5.41) is 0. The third-order valence-corrected chi connectivity index (χ3v) is 2.28. The number of halogens is 1. The molecule has 1 aromatic carbocycles. The van der Waals surface area contributed by atoms with Crippen LogP contribution in [-0.4, -0.2) is 13.0 Å². The standard InChI is InChI=1S/C12H14FNO2/c1-4-8(2)11-7-9(13)5-6-10(11)12(15)14-16-3/h4-7H,1-3H3,(H,14,15)/b8-4-. The van der Waals surface area contributed by atoms with Crippen molar-refractivity contribution in [1.29, 1.82) is 0 Å². The number of nitrogens with one attached hydrogen (secondary N) is 1. The average molecular weight is 223 g/mol. The molecular weight excluding hydrogens is 209 g/mol. The van der Waals surface area contributed by atoms with Crippen molar-refractivity contribution in [1.82, 2.24) is 5.48 Å². The number of carbonyl (C=O) groups excluding carboxylic acids is 1. The van der Waals surface area contributed by atoms with Gasteiger partial charge in [0.15, 0.2) is 0 Å². The Bertz CT molecular complexity index is 427. The fourth-order valence-electron chi connectivity index (χ4n) is 1.34. The molecule has 0 aromatic heterocycles. The molecule has 0 heterocycles. The molecule has 86 valence electrons. The SMILES string of the molecule is C/C=C(/C)c1cc(F)ccc1C(=O)NOC. The minimum absolute atomic E-state index is 0.370. The Kier molecular flexibility index (Phi) is 4.19. The Morgan fingerprint density at radius 3 is 2.69 bits per heavy atom. The van der Waals surface area contributed by atoms with Crippen molar-refractivity contribution in [3.63, 3.8) is 0 Å². The van der Waals surface area contributed by atoms with Gasteiger partial charge in [-0.05, 0) is 43.2 Å². The maximum Gasteiger partial charge on any atom is 0.275 e. The Balaban J connectivity index is 3.23. The lowest BCUT2D eigenvalue weighted by molar-refractivity contribution is 0.0537. The first-order chi connectivity index (χ1) is 7.60. The number of rotatable bonds is 3. The van der Waals surface area contributed by atoms with Crippen LogP contribution in [0.1, 0.15) is 29.8 Å². The summed E-state index contributed by atoms with van der Waals surface area (Å²) in [6.07, 6.45) is 1.82. The monoisotopic (exact) mass is 223 g/mol. The molecule has 0 unspecified atom stereocenters. The molecule has 0 aliphatic heterocycles. The predicted octanol–water partition coefficient (Wildman–Crippen LogP) is 2.54. The molecular formula is C12H14FNO2. The molecule has 0 fully saturated rings. The molecule has 0 bridgehead atoms. The van der Waals surface area contributed by atoms with Crippen LogP contribution in [0.25, 0.3) is 5.57 Å². The van der Waals surface area contributed by atoms with Gasteiger partial charge in [-0.25, -0.2) is 9.87 Å². The molecule has 0 radical (unpaired) electrons. The fraction of sp³-hybridized carbons (Fsp3) is 0.250. The van der Waals surface area contributed by atoms with Gasteiger partial charge >= 0.3 is 0 Å². The summed E-state index contributed by atoms with van der Waals surface area (Å²) in [6.45, 7) is 3.65. The zero-order chi connectivity index (χ0) is 12.1. The van der Waals surface area contributed by atoms with Crippen LogP contribution in [0.2, 0.25) is 0 Å². The van der Waals surface area contributed by atoms with E-state index in [2.05, 4.69) is 10.3 Å². The Morgan fingerprint density at radius 1 is 1.44 bits per heavy atom. The van der Waals surface area contributed by atoms with Gasteiger partial charge in [0.2, 0.25) is 0 Å². The van der Waals surface area contributed by atoms with Crippen LogP contribution < -0.4 is 5.48 Å². The number of hydrogen-bond donors (Lipinski definition) is 1. The van der Waals surface area contributed by atoms with Crippen LogP contribution >= 0.6 is 0 Å². The van der Waals surface area contributed by atoms with Gasteiger partial charge in [-0.15, -0.1) is 0 Å². The predicted molar refractivity (Wildman–Crippen MR) is 60.2 cm³/mol. The van der Waals surface area contributed by atoms with E-state index in [-0.39, 0.29) is 5.82 Å². The van der Waals surface area contributed by atoms with Crippen LogP contribution in [0.3, 0.4) is 0 Å². The molecule has 16 heavy (non-hydrogen) atoms. The zero-order valence-electron chi connectivity index (χ0n) is 9.50. The minimum Gasteiger partial charge on any atom is -0.277 e. The van der Waals surface area contributed by atoms with Gasteiger partial charge in [-0.1, -0.05) is 6.08 Å². The fourth-order valence-corrected chi connectivity index (χ4v) is 1.34. The van der Waals surface area contributed by atoms with Gasteiger partial charge in [0, 0.05) is 5.56 Å². The molecule has 3 nitrogen and oxygen atoms in total. The van der Waals surface area contributed by atoms with Crippen molar-refractivity contribution in [2.24, 2.45) is 0 Å². The van der Waals surface area contributed by atoms with Crippen molar-refractivity contribution in [3.8, 4) is 0 Å². The largest absolute Gasteiger partial charge is 0.277 e. The normalized spacial score (nSPS) is 11.4. The first-order valence-corrected chi connectivity index (χ1v) is 4.86. The van der Waals surface area contributed by atoms with E-state index in [1.54, 1.807) is 0 Å². The van der Waals surface area contributed by atoms with E-state index >= 15 is 0 Å². The minimum atomic E-state index is -0.390. The molecule has 1 amide bonds. The number of amides is 1. The van der Waals surface area contributed by atoms with Crippen molar-refractivity contribution in [2.75, 3.05) is 7.11 Å². The van der Waals surface area contributed by atoms with E-state index in [4.69, 9.17) is 0 Å². The Hall–Kier alpha value is -1.68. The van der Waals surface area contributed by atoms with Crippen LogP contribution in [0.4, 0.5) is 4.39 Å². The first-order valence-electron chi connectivity index (χ1n) is 4.86. The molecule has 1 N–H and O–H groups in total. The Labute approximate surface area is 93.9 Å². The van der Waals surface area contributed by atoms with Crippen LogP contribution in [0.15, 0.2) is 24.3 Å². The lowest BCUT2D eigenvalue weighted by Crippen LogP contribution is -2.23. The maximum atomic E-state index is 13.1. The second-order valence-corrected chi connectivity index (χ2v) is 3.30. The highest BCUT2D eigenvalue weighted by atomic mass is 19.1. The lowest BCUT2D eigenvalue weighted by Gasteiger charge is -2.09. The van der Waals surface area contributed by atoms with Crippen molar-refractivity contribution in [2.45, 2.75) is 13.8 Å². The van der Waals surface area contributed by atoms with E-state index in [1.807, 2.05) is 19.9 Å². The maximum absolute atomic E-state index is 13.1. The molecule has 0 aliphatic rings. The highest BCUT2D eigenvalue weighted by Crippen LogP contribution is 2.20. The molecule has 0 saturated carbocycles. The molecule has 0 aliphatic carbocycles. The van der Waals surface area contributed by atoms with E-state index in [9.17, 15) is 9.18 Å². The summed E-state index contributed by atoms with van der Waals surface area (Å²) in [6, 6.07) is 4.02. The van der Waals surface area contributed by atoms with E-state index < -0.39 is 5.91 Å². The smallest absolute Gasteiger partial charge is 0.275 e. The van der Waals surface area contributed by atoms with Gasteiger partial charge in [0.25, 0.3) is 5.91 Å². The lowest BCUT2D eigenvalue weighted by atomic mass is 10.00. The van der Waals surface area contributed by atoms with Gasteiger partial charge < -0.3 is 0 Å². The molecule has 0 saturated heterocycles. The van der Waals surface area contributed by atoms with Crippen LogP contribution in [-0.2, 0) is 4.84 Å². The van der Waals surface area contributed by atoms with Gasteiger partial charge in [-0.2, -0.15) is 0 Å². The number of carbonyl (C=O) groups is 1. The third-order valence-electron chi connectivity index (χ3n) is 2.28. The van der Waals surface area contributed by atoms with E-state index in [1.165, 1.54) is 25.3 Å². The van der Waals surface area contributed by atoms with E-state index in [0.717, 1.165) is 5.57 Å². The molecule has 1 aromatic rings. The average Bonchev–Trinajstić information content (AvgIpc) is 2.28. The van der Waals surface area contributed by atoms with Crippen molar-refractivity contribution < 1.29 is 14.0 Å². The quantitative estimate of drug-likeness (QED) is 0.800. The van der Waals surface area contributed by atoms with Gasteiger partial charge in [0.05, 0.1) is 7.11 Å². The Morgan fingerprint density at radius 2 is 2.12 bits per heavy atom. The number of hydroxylamine groups is 1. The molecule has 0 atom stereocenters. The third kappa shape index (κ3) is 2.67. The summed E-state index contributed by atoms with van der Waals surface area (Å²) < 4.78 is 13.1. The van der Waals surface area contributed by atoms with Crippen LogP contribution in [0, 0.1) is 5.82 Å². The second kappa shape index (κ2) is 5.42. The second-order valence-electron chi connectivity index (χ2n) is 3.30. The van der Waals surface area contributed by atoms with Gasteiger partial charge in [0.1, 0.15) is 5.82 Å². The first kappa shape index (κ1) is 12.4. The number of benzene rings is 1. The van der Waals surface area contributed by atoms with Gasteiger partial charge in [-0.3, -0.25) is 9.63 Å². The number of allylic oxidation sites excluding steroid dienone is 2. The summed E-state index contributed by atoms with van der Waals surface area (Å²) in [5.41, 5.74) is 4.00. The topological polar surface area (TPSA) is 38.3 Å². The molecule has 1 rings (SSSR count). The summed E-state index contributed by atoms with van der Waals surface area (Å²) in [5.74, 6) is -0.760. The van der Waals surface area contributed by atoms with E-state index in [0.29, 0.717) is 11.1 Å². The van der Waals surface area contributed by atoms with Crippen molar-refractivity contribution >= 4 is 11.5 Å². The summed E-state index contributed by atoms with van der Waals surface area (Å²) >= 11 is 0. The highest BCUT2D eigenvalue weighted by Gasteiger charge is 2.12. The zero-order valence-corrected chi connectivity index (χ0v) is 9.50. The van der Waals surface area contributed by atoms with Crippen LogP contribution in [0.5, 0.6) is 0 Å². The molecule has 4 heteroatoms. The highest BCUT2D eigenvalue weighted by molar-refractivity contribution is 5.98. The summed E-state index contributed by atoms with van der Waals surface area (Å²) in [4.78, 5) is 16.2.